The van der Waals surface area contributed by atoms with E-state index >= 15 is 0 Å². The van der Waals surface area contributed by atoms with Crippen LogP contribution < -0.4 is 0 Å². The highest BCUT2D eigenvalue weighted by Gasteiger charge is 2.31. The molecule has 0 spiro atoms. The van der Waals surface area contributed by atoms with Gasteiger partial charge in [-0.3, -0.25) is 9.59 Å². The second kappa shape index (κ2) is 13.2. The van der Waals surface area contributed by atoms with Gasteiger partial charge in [0.1, 0.15) is 0 Å². The fourth-order valence-electron chi connectivity index (χ4n) is 3.46. The Morgan fingerprint density at radius 2 is 1.04 bits per heavy atom. The third kappa shape index (κ3) is 10.2. The second-order valence-electron chi connectivity index (χ2n) is 8.66. The first-order valence-electron chi connectivity index (χ1n) is 10.7. The zero-order valence-corrected chi connectivity index (χ0v) is 17.4. The molecule has 1 saturated carbocycles. The monoisotopic (exact) mass is 368 g/mol. The van der Waals surface area contributed by atoms with Crippen molar-refractivity contribution in [2.45, 2.75) is 91.9 Å². The Morgan fingerprint density at radius 3 is 1.35 bits per heavy atom. The molecule has 0 N–H and O–H groups in total. The summed E-state index contributed by atoms with van der Waals surface area (Å²) in [5.41, 5.74) is 0. The van der Waals surface area contributed by atoms with Crippen LogP contribution in [0.2, 0.25) is 0 Å². The van der Waals surface area contributed by atoms with E-state index < -0.39 is 0 Å². The zero-order chi connectivity index (χ0) is 19.4. The molecule has 0 aromatic carbocycles. The van der Waals surface area contributed by atoms with Crippen LogP contribution in [-0.2, 0) is 19.1 Å². The standard InChI is InChI=1S/C22H40O4/c1-17(2)9-5-7-15-25-21(23)19-11-13-20(14-12-19)22(24)26-16-8-6-10-18(3)4/h17-20H,5-16H2,1-4H3. The predicted molar refractivity (Wildman–Crippen MR) is 105 cm³/mol. The lowest BCUT2D eigenvalue weighted by Gasteiger charge is -2.26. The summed E-state index contributed by atoms with van der Waals surface area (Å²) in [5.74, 6) is 1.20. The Hall–Kier alpha value is -1.06. The fourth-order valence-corrected chi connectivity index (χ4v) is 3.46. The van der Waals surface area contributed by atoms with Gasteiger partial charge in [0.05, 0.1) is 25.0 Å². The maximum Gasteiger partial charge on any atom is 0.308 e. The van der Waals surface area contributed by atoms with Crippen LogP contribution in [0.3, 0.4) is 0 Å². The van der Waals surface area contributed by atoms with Gasteiger partial charge in [-0.05, 0) is 63.2 Å². The molecule has 1 rings (SSSR count). The molecule has 26 heavy (non-hydrogen) atoms. The summed E-state index contributed by atoms with van der Waals surface area (Å²) >= 11 is 0. The largest absolute Gasteiger partial charge is 0.465 e. The quantitative estimate of drug-likeness (QED) is 0.335. The number of esters is 2. The van der Waals surface area contributed by atoms with Gasteiger partial charge in [-0.1, -0.05) is 40.5 Å². The zero-order valence-electron chi connectivity index (χ0n) is 17.4. The highest BCUT2D eigenvalue weighted by molar-refractivity contribution is 5.75. The summed E-state index contributed by atoms with van der Waals surface area (Å²) in [5, 5.41) is 0. The van der Waals surface area contributed by atoms with Crippen molar-refractivity contribution < 1.29 is 19.1 Å². The summed E-state index contributed by atoms with van der Waals surface area (Å²) in [4.78, 5) is 24.3. The lowest BCUT2D eigenvalue weighted by atomic mass is 9.82. The predicted octanol–water partition coefficient (Wildman–Crippen LogP) is 5.53. The van der Waals surface area contributed by atoms with Crippen LogP contribution in [0.1, 0.15) is 91.9 Å². The van der Waals surface area contributed by atoms with Crippen LogP contribution in [0.5, 0.6) is 0 Å². The van der Waals surface area contributed by atoms with Crippen molar-refractivity contribution in [3.05, 3.63) is 0 Å². The van der Waals surface area contributed by atoms with Gasteiger partial charge >= 0.3 is 11.9 Å². The van der Waals surface area contributed by atoms with E-state index in [4.69, 9.17) is 9.47 Å². The van der Waals surface area contributed by atoms with E-state index in [1.54, 1.807) is 0 Å². The highest BCUT2D eigenvalue weighted by Crippen LogP contribution is 2.30. The van der Waals surface area contributed by atoms with Crippen molar-refractivity contribution in [2.24, 2.45) is 23.7 Å². The molecule has 0 aromatic heterocycles. The van der Waals surface area contributed by atoms with E-state index in [-0.39, 0.29) is 23.8 Å². The summed E-state index contributed by atoms with van der Waals surface area (Å²) < 4.78 is 10.8. The minimum atomic E-state index is -0.0740. The van der Waals surface area contributed by atoms with Gasteiger partial charge in [-0.15, -0.1) is 0 Å². The Morgan fingerprint density at radius 1 is 0.692 bits per heavy atom. The Kier molecular flexibility index (Phi) is 11.6. The Balaban J connectivity index is 2.11. The van der Waals surface area contributed by atoms with Gasteiger partial charge in [0, 0.05) is 0 Å². The van der Waals surface area contributed by atoms with Gasteiger partial charge in [-0.2, -0.15) is 0 Å². The van der Waals surface area contributed by atoms with Crippen LogP contribution in [0.25, 0.3) is 0 Å². The minimum Gasteiger partial charge on any atom is -0.465 e. The van der Waals surface area contributed by atoms with Gasteiger partial charge < -0.3 is 9.47 Å². The van der Waals surface area contributed by atoms with Gasteiger partial charge in [0.25, 0.3) is 0 Å². The van der Waals surface area contributed by atoms with E-state index in [1.165, 1.54) is 12.8 Å². The van der Waals surface area contributed by atoms with Crippen molar-refractivity contribution in [1.29, 1.82) is 0 Å². The highest BCUT2D eigenvalue weighted by atomic mass is 16.5. The smallest absolute Gasteiger partial charge is 0.308 e. The molecule has 0 amide bonds. The molecule has 1 aliphatic carbocycles. The van der Waals surface area contributed by atoms with Crippen LogP contribution in [0.4, 0.5) is 0 Å². The lowest BCUT2D eigenvalue weighted by molar-refractivity contribution is -0.155. The molecular weight excluding hydrogens is 328 g/mol. The van der Waals surface area contributed by atoms with E-state index in [1.807, 2.05) is 0 Å². The summed E-state index contributed by atoms with van der Waals surface area (Å²) in [7, 11) is 0. The lowest BCUT2D eigenvalue weighted by Crippen LogP contribution is -2.28. The second-order valence-corrected chi connectivity index (χ2v) is 8.66. The molecule has 1 aliphatic rings. The molecule has 4 heteroatoms. The van der Waals surface area contributed by atoms with Crippen LogP contribution >= 0.6 is 0 Å². The summed E-state index contributed by atoms with van der Waals surface area (Å²) in [6.07, 6.45) is 9.47. The molecule has 0 unspecified atom stereocenters. The first kappa shape index (κ1) is 23.0. The Bertz CT molecular complexity index is 357. The van der Waals surface area contributed by atoms with Crippen LogP contribution in [-0.4, -0.2) is 25.2 Å². The average Bonchev–Trinajstić information content (AvgIpc) is 2.60. The van der Waals surface area contributed by atoms with E-state index in [0.29, 0.717) is 25.0 Å². The van der Waals surface area contributed by atoms with Crippen molar-refractivity contribution in [1.82, 2.24) is 0 Å². The van der Waals surface area contributed by atoms with E-state index in [9.17, 15) is 9.59 Å². The number of carbonyl (C=O) groups is 2. The van der Waals surface area contributed by atoms with Gasteiger partial charge in [0.2, 0.25) is 0 Å². The number of unbranched alkanes of at least 4 members (excludes halogenated alkanes) is 2. The van der Waals surface area contributed by atoms with Crippen molar-refractivity contribution in [3.63, 3.8) is 0 Å². The van der Waals surface area contributed by atoms with E-state index in [2.05, 4.69) is 27.7 Å². The molecule has 1 fully saturated rings. The molecule has 152 valence electrons. The third-order valence-electron chi connectivity index (χ3n) is 5.23. The molecule has 0 atom stereocenters. The van der Waals surface area contributed by atoms with Crippen molar-refractivity contribution in [3.8, 4) is 0 Å². The first-order valence-corrected chi connectivity index (χ1v) is 10.7. The SMILES string of the molecule is CC(C)CCCCOC(=O)C1CCC(C(=O)OCCCCC(C)C)CC1. The van der Waals surface area contributed by atoms with E-state index in [0.717, 1.165) is 51.4 Å². The average molecular weight is 369 g/mol. The molecule has 4 nitrogen and oxygen atoms in total. The maximum absolute atomic E-state index is 12.1. The van der Waals surface area contributed by atoms with Gasteiger partial charge in [0.15, 0.2) is 0 Å². The summed E-state index contributed by atoms with van der Waals surface area (Å²) in [6, 6.07) is 0. The van der Waals surface area contributed by atoms with Crippen LogP contribution in [0, 0.1) is 23.7 Å². The minimum absolute atomic E-state index is 0.0322. The number of rotatable bonds is 12. The number of hydrogen-bond acceptors (Lipinski definition) is 4. The normalized spacial score (nSPS) is 20.4. The third-order valence-corrected chi connectivity index (χ3v) is 5.23. The molecule has 0 saturated heterocycles. The summed E-state index contributed by atoms with van der Waals surface area (Å²) in [6.45, 7) is 9.90. The first-order chi connectivity index (χ1) is 12.4. The maximum atomic E-state index is 12.1. The topological polar surface area (TPSA) is 52.6 Å². The molecule has 0 aromatic rings. The molecule has 0 bridgehead atoms. The number of carbonyl (C=O) groups excluding carboxylic acids is 2. The van der Waals surface area contributed by atoms with Gasteiger partial charge in [-0.25, -0.2) is 0 Å². The molecule has 0 radical (unpaired) electrons. The Labute approximate surface area is 160 Å². The fraction of sp³-hybridized carbons (Fsp3) is 0.909. The van der Waals surface area contributed by atoms with Crippen molar-refractivity contribution >= 4 is 11.9 Å². The van der Waals surface area contributed by atoms with Crippen molar-refractivity contribution in [2.75, 3.05) is 13.2 Å². The molecule has 0 heterocycles. The molecule has 0 aliphatic heterocycles. The van der Waals surface area contributed by atoms with Crippen LogP contribution in [0.15, 0.2) is 0 Å². The molecular formula is C22H40O4. The number of ether oxygens (including phenoxy) is 2. The number of hydrogen-bond donors (Lipinski definition) is 0.